The van der Waals surface area contributed by atoms with Crippen LogP contribution in [0.3, 0.4) is 0 Å². The Kier molecular flexibility index (Phi) is 5.41. The first-order valence-corrected chi connectivity index (χ1v) is 7.17. The van der Waals surface area contributed by atoms with Crippen LogP contribution in [0.1, 0.15) is 20.7 Å². The van der Waals surface area contributed by atoms with Gasteiger partial charge in [-0.25, -0.2) is 0 Å². The lowest BCUT2D eigenvalue weighted by molar-refractivity contribution is 0.111. The molecule has 3 aromatic carbocycles. The van der Waals surface area contributed by atoms with E-state index in [-0.39, 0.29) is 0 Å². The summed E-state index contributed by atoms with van der Waals surface area (Å²) in [6.07, 6.45) is 1.69. The van der Waals surface area contributed by atoms with E-state index < -0.39 is 0 Å². The van der Waals surface area contributed by atoms with Crippen LogP contribution in [0.25, 0.3) is 10.8 Å². The van der Waals surface area contributed by atoms with Crippen molar-refractivity contribution in [1.82, 2.24) is 0 Å². The van der Waals surface area contributed by atoms with Crippen LogP contribution in [-0.2, 0) is 0 Å². The molecule has 104 valence electrons. The summed E-state index contributed by atoms with van der Waals surface area (Å²) in [5.41, 5.74) is 1.42. The maximum Gasteiger partial charge on any atom is 0.151 e. The zero-order valence-corrected chi connectivity index (χ0v) is 12.8. The third-order valence-corrected chi connectivity index (χ3v) is 3.66. The van der Waals surface area contributed by atoms with Gasteiger partial charge in [-0.1, -0.05) is 70.5 Å². The molecule has 2 nitrogen and oxygen atoms in total. The van der Waals surface area contributed by atoms with Gasteiger partial charge in [-0.15, -0.1) is 0 Å². The van der Waals surface area contributed by atoms with E-state index in [1.54, 1.807) is 6.07 Å². The summed E-state index contributed by atoms with van der Waals surface area (Å²) in [5.74, 6) is 0. The van der Waals surface area contributed by atoms with Gasteiger partial charge in [-0.2, -0.15) is 0 Å². The molecule has 0 aliphatic rings. The highest BCUT2D eigenvalue weighted by atomic mass is 79.9. The molecule has 0 amide bonds. The minimum absolute atomic E-state index is 0.692. The molecule has 0 bridgehead atoms. The zero-order chi connectivity index (χ0) is 15.1. The van der Waals surface area contributed by atoms with Crippen molar-refractivity contribution in [2.75, 3.05) is 0 Å². The quantitative estimate of drug-likeness (QED) is 0.621. The van der Waals surface area contributed by atoms with Crippen molar-refractivity contribution in [2.24, 2.45) is 0 Å². The number of fused-ring (bicyclic) bond motifs is 1. The molecule has 0 unspecified atom stereocenters. The van der Waals surface area contributed by atoms with E-state index in [2.05, 4.69) is 15.9 Å². The van der Waals surface area contributed by atoms with Crippen LogP contribution in [0.2, 0.25) is 0 Å². The molecule has 0 spiro atoms. The van der Waals surface area contributed by atoms with Crippen molar-refractivity contribution in [3.63, 3.8) is 0 Å². The van der Waals surface area contributed by atoms with Gasteiger partial charge in [0.15, 0.2) is 6.29 Å². The largest absolute Gasteiger partial charge is 0.298 e. The SMILES string of the molecule is O=Cc1ccc2ccccc2c1.O=Cc1ccccc1Br. The maximum atomic E-state index is 10.5. The molecule has 0 heterocycles. The maximum absolute atomic E-state index is 10.5. The van der Waals surface area contributed by atoms with Crippen molar-refractivity contribution in [2.45, 2.75) is 0 Å². The zero-order valence-electron chi connectivity index (χ0n) is 11.2. The second-order valence-corrected chi connectivity index (χ2v) is 5.22. The Morgan fingerprint density at radius 3 is 2.00 bits per heavy atom. The van der Waals surface area contributed by atoms with E-state index in [1.165, 1.54) is 5.39 Å². The number of aldehydes is 2. The number of rotatable bonds is 2. The molecule has 3 rings (SSSR count). The van der Waals surface area contributed by atoms with Gasteiger partial charge in [0.2, 0.25) is 0 Å². The summed E-state index contributed by atoms with van der Waals surface area (Å²) in [5, 5.41) is 2.28. The molecule has 0 aromatic heterocycles. The number of carbonyl (C=O) groups is 2. The fourth-order valence-corrected chi connectivity index (χ4v) is 2.23. The van der Waals surface area contributed by atoms with E-state index >= 15 is 0 Å². The van der Waals surface area contributed by atoms with Crippen LogP contribution in [-0.4, -0.2) is 12.6 Å². The van der Waals surface area contributed by atoms with Crippen LogP contribution in [0.5, 0.6) is 0 Å². The second kappa shape index (κ2) is 7.50. The van der Waals surface area contributed by atoms with Crippen molar-refractivity contribution in [3.05, 3.63) is 82.3 Å². The minimum Gasteiger partial charge on any atom is -0.298 e. The lowest BCUT2D eigenvalue weighted by Crippen LogP contribution is -1.78. The van der Waals surface area contributed by atoms with Crippen LogP contribution in [0, 0.1) is 0 Å². The number of hydrogen-bond acceptors (Lipinski definition) is 2. The first kappa shape index (κ1) is 15.1. The number of benzene rings is 3. The summed E-state index contributed by atoms with van der Waals surface area (Å²) >= 11 is 3.23. The molecule has 0 saturated carbocycles. The molecular formula is C18H13BrO2. The first-order valence-electron chi connectivity index (χ1n) is 6.38. The number of carbonyl (C=O) groups excluding carboxylic acids is 2. The highest BCUT2D eigenvalue weighted by Gasteiger charge is 1.93. The van der Waals surface area contributed by atoms with E-state index in [0.717, 1.165) is 28.0 Å². The predicted octanol–water partition coefficient (Wildman–Crippen LogP) is 4.91. The fraction of sp³-hybridized carbons (Fsp3) is 0. The van der Waals surface area contributed by atoms with Gasteiger partial charge in [0.05, 0.1) is 0 Å². The minimum atomic E-state index is 0.692. The Balaban J connectivity index is 0.000000161. The van der Waals surface area contributed by atoms with Crippen molar-refractivity contribution in [3.8, 4) is 0 Å². The lowest BCUT2D eigenvalue weighted by Gasteiger charge is -1.96. The molecule has 21 heavy (non-hydrogen) atoms. The summed E-state index contributed by atoms with van der Waals surface area (Å²) in [6.45, 7) is 0. The molecule has 0 aliphatic heterocycles. The summed E-state index contributed by atoms with van der Waals surface area (Å²) in [4.78, 5) is 20.6. The average molecular weight is 341 g/mol. The smallest absolute Gasteiger partial charge is 0.151 e. The molecule has 0 N–H and O–H groups in total. The van der Waals surface area contributed by atoms with Gasteiger partial charge in [0.25, 0.3) is 0 Å². The predicted molar refractivity (Wildman–Crippen MR) is 88.9 cm³/mol. The normalized spacial score (nSPS) is 9.57. The first-order chi connectivity index (χ1) is 10.2. The Morgan fingerprint density at radius 1 is 0.714 bits per heavy atom. The Hall–Kier alpha value is -2.26. The molecular weight excluding hydrogens is 328 g/mol. The summed E-state index contributed by atoms with van der Waals surface area (Å²) < 4.78 is 0.847. The monoisotopic (exact) mass is 340 g/mol. The van der Waals surface area contributed by atoms with E-state index in [4.69, 9.17) is 0 Å². The number of halogens is 1. The Bertz CT molecular complexity index is 766. The highest BCUT2D eigenvalue weighted by molar-refractivity contribution is 9.10. The van der Waals surface area contributed by atoms with Crippen molar-refractivity contribution < 1.29 is 9.59 Å². The molecule has 0 aliphatic carbocycles. The van der Waals surface area contributed by atoms with Gasteiger partial charge in [-0.3, -0.25) is 9.59 Å². The molecule has 0 radical (unpaired) electrons. The molecule has 0 atom stereocenters. The van der Waals surface area contributed by atoms with E-state index in [0.29, 0.717) is 5.56 Å². The topological polar surface area (TPSA) is 34.1 Å². The van der Waals surface area contributed by atoms with Gasteiger partial charge in [0.1, 0.15) is 6.29 Å². The summed E-state index contributed by atoms with van der Waals surface area (Å²) in [7, 11) is 0. The van der Waals surface area contributed by atoms with Crippen LogP contribution >= 0.6 is 15.9 Å². The van der Waals surface area contributed by atoms with E-state index in [9.17, 15) is 9.59 Å². The van der Waals surface area contributed by atoms with Crippen LogP contribution in [0.4, 0.5) is 0 Å². The second-order valence-electron chi connectivity index (χ2n) is 4.36. The molecule has 3 heteroatoms. The van der Waals surface area contributed by atoms with Crippen molar-refractivity contribution in [1.29, 1.82) is 0 Å². The van der Waals surface area contributed by atoms with Crippen LogP contribution in [0.15, 0.2) is 71.2 Å². The van der Waals surface area contributed by atoms with Gasteiger partial charge >= 0.3 is 0 Å². The molecule has 0 saturated heterocycles. The van der Waals surface area contributed by atoms with Gasteiger partial charge in [-0.05, 0) is 22.9 Å². The standard InChI is InChI=1S/C11H8O.C7H5BrO/c12-8-9-5-6-10-3-1-2-4-11(10)7-9;8-7-4-2-1-3-6(7)5-9/h1-8H;1-5H. The number of hydrogen-bond donors (Lipinski definition) is 0. The third kappa shape index (κ3) is 4.10. The molecule has 0 fully saturated rings. The van der Waals surface area contributed by atoms with E-state index in [1.807, 2.05) is 60.7 Å². The molecule has 3 aromatic rings. The van der Waals surface area contributed by atoms with Gasteiger partial charge < -0.3 is 0 Å². The third-order valence-electron chi connectivity index (χ3n) is 2.94. The summed E-state index contributed by atoms with van der Waals surface area (Å²) in [6, 6.07) is 21.0. The van der Waals surface area contributed by atoms with Gasteiger partial charge in [0, 0.05) is 15.6 Å². The average Bonchev–Trinajstić information content (AvgIpc) is 2.55. The Morgan fingerprint density at radius 2 is 1.38 bits per heavy atom. The lowest BCUT2D eigenvalue weighted by atomic mass is 10.1. The highest BCUT2D eigenvalue weighted by Crippen LogP contribution is 2.14. The fourth-order valence-electron chi connectivity index (χ4n) is 1.85. The van der Waals surface area contributed by atoms with Crippen LogP contribution < -0.4 is 0 Å². The Labute approximate surface area is 131 Å². The van der Waals surface area contributed by atoms with Crippen molar-refractivity contribution >= 4 is 39.3 Å².